The van der Waals surface area contributed by atoms with Crippen LogP contribution in [0.3, 0.4) is 0 Å². The number of nitrogens with two attached hydrogens (primary N) is 1. The van der Waals surface area contributed by atoms with Crippen LogP contribution in [0.5, 0.6) is 0 Å². The molecule has 4 heteroatoms. The summed E-state index contributed by atoms with van der Waals surface area (Å²) >= 11 is 0. The zero-order valence-electron chi connectivity index (χ0n) is 9.10. The highest BCUT2D eigenvalue weighted by Gasteiger charge is 2.06. The van der Waals surface area contributed by atoms with E-state index in [0.29, 0.717) is 12.5 Å². The Labute approximate surface area is 91.2 Å². The van der Waals surface area contributed by atoms with Gasteiger partial charge in [0, 0.05) is 6.26 Å². The molecule has 0 heterocycles. The van der Waals surface area contributed by atoms with Crippen molar-refractivity contribution in [1.29, 1.82) is 0 Å². The molecule has 0 aliphatic carbocycles. The topological polar surface area (TPSA) is 60.2 Å². The lowest BCUT2D eigenvalue weighted by Gasteiger charge is -2.09. The Hall–Kier alpha value is -0.870. The van der Waals surface area contributed by atoms with Gasteiger partial charge < -0.3 is 5.73 Å². The van der Waals surface area contributed by atoms with Gasteiger partial charge >= 0.3 is 0 Å². The fourth-order valence-electron chi connectivity index (χ4n) is 1.38. The summed E-state index contributed by atoms with van der Waals surface area (Å²) in [6.07, 6.45) is 1.24. The molecule has 84 valence electrons. The molecule has 1 aromatic rings. The molecule has 0 bridgehead atoms. The van der Waals surface area contributed by atoms with Crippen LogP contribution in [0.1, 0.15) is 24.0 Å². The van der Waals surface area contributed by atoms with Crippen molar-refractivity contribution in [2.45, 2.75) is 18.6 Å². The molecule has 0 amide bonds. The van der Waals surface area contributed by atoms with Gasteiger partial charge in [0.05, 0.1) is 5.75 Å². The third-order valence-electron chi connectivity index (χ3n) is 2.33. The van der Waals surface area contributed by atoms with Crippen LogP contribution >= 0.6 is 0 Å². The Bertz CT molecular complexity index is 409. The first-order valence-electron chi connectivity index (χ1n) is 4.89. The highest BCUT2D eigenvalue weighted by atomic mass is 32.2. The maximum Gasteiger partial charge on any atom is 0.151 e. The van der Waals surface area contributed by atoms with E-state index in [1.165, 1.54) is 6.26 Å². The van der Waals surface area contributed by atoms with Gasteiger partial charge in [0.1, 0.15) is 0 Å². The molecular formula is C11H17NO2S. The number of benzene rings is 1. The van der Waals surface area contributed by atoms with E-state index in [1.54, 1.807) is 0 Å². The standard InChI is InChI=1S/C11H17NO2S/c1-9(7-12)11-5-3-10(4-6-11)8-15(2,13)14/h3-6,9H,7-8,12H2,1-2H3. The summed E-state index contributed by atoms with van der Waals surface area (Å²) in [5, 5.41) is 0. The van der Waals surface area contributed by atoms with Crippen molar-refractivity contribution >= 4 is 9.84 Å². The van der Waals surface area contributed by atoms with Gasteiger partial charge in [-0.2, -0.15) is 0 Å². The minimum atomic E-state index is -2.94. The molecule has 0 spiro atoms. The molecule has 1 unspecified atom stereocenters. The number of hydrogen-bond donors (Lipinski definition) is 1. The lowest BCUT2D eigenvalue weighted by molar-refractivity contribution is 0.601. The fourth-order valence-corrected chi connectivity index (χ4v) is 2.18. The minimum Gasteiger partial charge on any atom is -0.330 e. The Kier molecular flexibility index (Phi) is 3.88. The van der Waals surface area contributed by atoms with Crippen LogP contribution in [0.25, 0.3) is 0 Å². The van der Waals surface area contributed by atoms with Gasteiger partial charge in [-0.3, -0.25) is 0 Å². The second-order valence-electron chi connectivity index (χ2n) is 3.95. The van der Waals surface area contributed by atoms with Crippen molar-refractivity contribution in [3.05, 3.63) is 35.4 Å². The zero-order valence-corrected chi connectivity index (χ0v) is 9.92. The molecule has 1 aromatic carbocycles. The smallest absolute Gasteiger partial charge is 0.151 e. The van der Waals surface area contributed by atoms with E-state index in [9.17, 15) is 8.42 Å². The summed E-state index contributed by atoms with van der Waals surface area (Å²) in [5.74, 6) is 0.418. The van der Waals surface area contributed by atoms with Crippen molar-refractivity contribution in [3.63, 3.8) is 0 Å². The first kappa shape index (κ1) is 12.2. The van der Waals surface area contributed by atoms with Gasteiger partial charge in [-0.05, 0) is 23.6 Å². The second kappa shape index (κ2) is 4.77. The van der Waals surface area contributed by atoms with Crippen LogP contribution in [-0.2, 0) is 15.6 Å². The van der Waals surface area contributed by atoms with E-state index >= 15 is 0 Å². The van der Waals surface area contributed by atoms with Crippen LogP contribution in [0.4, 0.5) is 0 Å². The van der Waals surface area contributed by atoms with Crippen LogP contribution < -0.4 is 5.73 Å². The summed E-state index contributed by atoms with van der Waals surface area (Å²) in [4.78, 5) is 0. The maximum atomic E-state index is 11.1. The molecule has 1 rings (SSSR count). The fraction of sp³-hybridized carbons (Fsp3) is 0.455. The summed E-state index contributed by atoms with van der Waals surface area (Å²) in [5.41, 5.74) is 7.52. The largest absolute Gasteiger partial charge is 0.330 e. The van der Waals surface area contributed by atoms with E-state index in [-0.39, 0.29) is 5.75 Å². The third kappa shape index (κ3) is 4.01. The predicted molar refractivity (Wildman–Crippen MR) is 62.5 cm³/mol. The van der Waals surface area contributed by atoms with E-state index in [1.807, 2.05) is 31.2 Å². The zero-order chi connectivity index (χ0) is 11.5. The summed E-state index contributed by atoms with van der Waals surface area (Å²) in [7, 11) is -2.94. The SMILES string of the molecule is CC(CN)c1ccc(CS(C)(=O)=O)cc1. The van der Waals surface area contributed by atoms with Crippen LogP contribution in [0, 0.1) is 0 Å². The average molecular weight is 227 g/mol. The molecule has 0 aliphatic heterocycles. The molecule has 0 saturated carbocycles. The van der Waals surface area contributed by atoms with Gasteiger partial charge in [-0.1, -0.05) is 31.2 Å². The molecule has 15 heavy (non-hydrogen) atoms. The van der Waals surface area contributed by atoms with Crippen LogP contribution in [-0.4, -0.2) is 21.2 Å². The Morgan fingerprint density at radius 3 is 2.20 bits per heavy atom. The molecule has 0 aliphatic rings. The van der Waals surface area contributed by atoms with Gasteiger partial charge in [0.15, 0.2) is 9.84 Å². The highest BCUT2D eigenvalue weighted by Crippen LogP contribution is 2.15. The highest BCUT2D eigenvalue weighted by molar-refractivity contribution is 7.89. The molecule has 0 aromatic heterocycles. The molecular weight excluding hydrogens is 210 g/mol. The first-order chi connectivity index (χ1) is 6.92. The van der Waals surface area contributed by atoms with Crippen molar-refractivity contribution in [1.82, 2.24) is 0 Å². The molecule has 0 saturated heterocycles. The van der Waals surface area contributed by atoms with Gasteiger partial charge in [-0.25, -0.2) is 8.42 Å². The van der Waals surface area contributed by atoms with Gasteiger partial charge in [0.25, 0.3) is 0 Å². The number of sulfone groups is 1. The van der Waals surface area contributed by atoms with Crippen molar-refractivity contribution in [2.75, 3.05) is 12.8 Å². The monoisotopic (exact) mass is 227 g/mol. The molecule has 1 atom stereocenters. The van der Waals surface area contributed by atoms with E-state index in [2.05, 4.69) is 0 Å². The summed E-state index contributed by atoms with van der Waals surface area (Å²) in [6.45, 7) is 2.65. The Morgan fingerprint density at radius 1 is 1.27 bits per heavy atom. The molecule has 2 N–H and O–H groups in total. The normalized spacial score (nSPS) is 13.8. The van der Waals surface area contributed by atoms with Crippen molar-refractivity contribution in [3.8, 4) is 0 Å². The van der Waals surface area contributed by atoms with Gasteiger partial charge in [0.2, 0.25) is 0 Å². The van der Waals surface area contributed by atoms with Crippen molar-refractivity contribution < 1.29 is 8.42 Å². The van der Waals surface area contributed by atoms with Gasteiger partial charge in [-0.15, -0.1) is 0 Å². The summed E-state index contributed by atoms with van der Waals surface area (Å²) in [6, 6.07) is 7.58. The van der Waals surface area contributed by atoms with E-state index in [0.717, 1.165) is 11.1 Å². The molecule has 0 fully saturated rings. The van der Waals surface area contributed by atoms with E-state index in [4.69, 9.17) is 5.73 Å². The van der Waals surface area contributed by atoms with Crippen LogP contribution in [0.15, 0.2) is 24.3 Å². The molecule has 0 radical (unpaired) electrons. The first-order valence-corrected chi connectivity index (χ1v) is 6.95. The van der Waals surface area contributed by atoms with Crippen LogP contribution in [0.2, 0.25) is 0 Å². The lowest BCUT2D eigenvalue weighted by atomic mass is 10.0. The Balaban J connectivity index is 2.81. The predicted octanol–water partition coefficient (Wildman–Crippen LogP) is 1.29. The molecule has 3 nitrogen and oxygen atoms in total. The second-order valence-corrected chi connectivity index (χ2v) is 6.09. The minimum absolute atomic E-state index is 0.101. The maximum absolute atomic E-state index is 11.1. The number of rotatable bonds is 4. The number of hydrogen-bond acceptors (Lipinski definition) is 3. The quantitative estimate of drug-likeness (QED) is 0.843. The third-order valence-corrected chi connectivity index (χ3v) is 3.19. The average Bonchev–Trinajstić information content (AvgIpc) is 2.15. The van der Waals surface area contributed by atoms with E-state index < -0.39 is 9.84 Å². The van der Waals surface area contributed by atoms with Crippen molar-refractivity contribution in [2.24, 2.45) is 5.73 Å². The Morgan fingerprint density at radius 2 is 1.80 bits per heavy atom. The lowest BCUT2D eigenvalue weighted by Crippen LogP contribution is -2.09. The summed E-state index contributed by atoms with van der Waals surface area (Å²) < 4.78 is 22.1.